The zero-order valence-corrected chi connectivity index (χ0v) is 10.8. The molecule has 0 amide bonds. The van der Waals surface area contributed by atoms with Gasteiger partial charge < -0.3 is 9.32 Å². The molecule has 0 aliphatic rings. The number of rotatable bonds is 5. The maximum atomic E-state index is 10.7. The second-order valence-corrected chi connectivity index (χ2v) is 4.73. The Hall–Kier alpha value is -1.33. The van der Waals surface area contributed by atoms with E-state index in [4.69, 9.17) is 16.0 Å². The van der Waals surface area contributed by atoms with Crippen LogP contribution in [0.15, 0.2) is 22.8 Å². The van der Waals surface area contributed by atoms with Crippen molar-refractivity contribution in [2.45, 2.75) is 13.5 Å². The van der Waals surface area contributed by atoms with Gasteiger partial charge in [-0.2, -0.15) is 0 Å². The van der Waals surface area contributed by atoms with Gasteiger partial charge in [-0.3, -0.25) is 4.79 Å². The van der Waals surface area contributed by atoms with Crippen LogP contribution >= 0.6 is 22.9 Å². The van der Waals surface area contributed by atoms with Gasteiger partial charge in [0.05, 0.1) is 12.8 Å². The fraction of sp³-hybridized carbons (Fsp3) is 0.273. The normalized spacial score (nSPS) is 10.5. The summed E-state index contributed by atoms with van der Waals surface area (Å²) in [6, 6.07) is 3.74. The summed E-state index contributed by atoms with van der Waals surface area (Å²) in [6.45, 7) is 3.40. The van der Waals surface area contributed by atoms with Gasteiger partial charge in [0.25, 0.3) is 0 Å². The Morgan fingerprint density at radius 3 is 3.00 bits per heavy atom. The lowest BCUT2D eigenvalue weighted by atomic mass is 10.4. The molecule has 0 aliphatic carbocycles. The van der Waals surface area contributed by atoms with Crippen molar-refractivity contribution in [3.05, 3.63) is 34.2 Å². The molecule has 90 valence electrons. The number of hydrogen-bond donors (Lipinski definition) is 0. The van der Waals surface area contributed by atoms with E-state index < -0.39 is 0 Å². The molecule has 0 saturated carbocycles. The molecule has 2 rings (SSSR count). The first-order valence-electron chi connectivity index (χ1n) is 5.13. The first kappa shape index (κ1) is 12.1. The highest BCUT2D eigenvalue weighted by molar-refractivity contribution is 7.17. The molecule has 6 heteroatoms. The molecule has 0 bridgehead atoms. The molecule has 0 fully saturated rings. The first-order chi connectivity index (χ1) is 8.24. The lowest BCUT2D eigenvalue weighted by molar-refractivity contribution is 0.112. The average molecular weight is 271 g/mol. The van der Waals surface area contributed by atoms with E-state index in [0.29, 0.717) is 11.4 Å². The van der Waals surface area contributed by atoms with E-state index in [9.17, 15) is 4.79 Å². The summed E-state index contributed by atoms with van der Waals surface area (Å²) < 4.78 is 5.28. The Kier molecular flexibility index (Phi) is 3.81. The van der Waals surface area contributed by atoms with Crippen LogP contribution < -0.4 is 4.90 Å². The number of thiazole rings is 1. The molecule has 2 aromatic rings. The van der Waals surface area contributed by atoms with Crippen molar-refractivity contribution in [1.82, 2.24) is 4.98 Å². The minimum absolute atomic E-state index is 0.262. The maximum Gasteiger partial charge on any atom is 0.187 e. The summed E-state index contributed by atoms with van der Waals surface area (Å²) in [6.07, 6.45) is 2.36. The van der Waals surface area contributed by atoms with E-state index in [1.165, 1.54) is 11.3 Å². The fourth-order valence-corrected chi connectivity index (χ4v) is 2.54. The van der Waals surface area contributed by atoms with E-state index >= 15 is 0 Å². The number of anilines is 1. The third-order valence-electron chi connectivity index (χ3n) is 2.28. The predicted molar refractivity (Wildman–Crippen MR) is 67.9 cm³/mol. The molecule has 0 aromatic carbocycles. The summed E-state index contributed by atoms with van der Waals surface area (Å²) >= 11 is 7.13. The van der Waals surface area contributed by atoms with Gasteiger partial charge in [0.15, 0.2) is 16.6 Å². The highest BCUT2D eigenvalue weighted by atomic mass is 35.5. The number of hydrogen-bond acceptors (Lipinski definition) is 5. The summed E-state index contributed by atoms with van der Waals surface area (Å²) in [5, 5.41) is 0.994. The van der Waals surface area contributed by atoms with Gasteiger partial charge in [0, 0.05) is 6.54 Å². The number of halogens is 1. The second kappa shape index (κ2) is 5.33. The third-order valence-corrected chi connectivity index (χ3v) is 3.73. The van der Waals surface area contributed by atoms with Crippen molar-refractivity contribution in [3.63, 3.8) is 0 Å². The molecule has 0 saturated heterocycles. The number of aromatic nitrogens is 1. The Morgan fingerprint density at radius 1 is 1.65 bits per heavy atom. The van der Waals surface area contributed by atoms with Crippen LogP contribution in [0, 0.1) is 0 Å². The zero-order valence-electron chi connectivity index (χ0n) is 9.22. The van der Waals surface area contributed by atoms with Crippen LogP contribution in [0.4, 0.5) is 5.13 Å². The molecule has 0 unspecified atom stereocenters. The number of nitrogens with zero attached hydrogens (tertiary/aromatic N) is 2. The maximum absolute atomic E-state index is 10.7. The highest BCUT2D eigenvalue weighted by Crippen LogP contribution is 2.29. The SMILES string of the molecule is CCN(Cc1ccco1)c1nc(Cl)c(C=O)s1. The van der Waals surface area contributed by atoms with Gasteiger partial charge in [-0.25, -0.2) is 4.98 Å². The summed E-state index contributed by atoms with van der Waals surface area (Å²) in [4.78, 5) is 17.3. The standard InChI is InChI=1S/C11H11ClN2O2S/c1-2-14(6-8-4-3-5-16-8)11-13-10(12)9(7-15)17-11/h3-5,7H,2,6H2,1H3. The van der Waals surface area contributed by atoms with E-state index in [2.05, 4.69) is 4.98 Å². The molecule has 0 aliphatic heterocycles. The molecule has 2 aromatic heterocycles. The van der Waals surface area contributed by atoms with Crippen molar-refractivity contribution in [2.75, 3.05) is 11.4 Å². The van der Waals surface area contributed by atoms with Crippen molar-refractivity contribution >= 4 is 34.4 Å². The summed E-state index contributed by atoms with van der Waals surface area (Å²) in [7, 11) is 0. The van der Waals surface area contributed by atoms with Crippen LogP contribution in [0.3, 0.4) is 0 Å². The molecule has 0 spiro atoms. The van der Waals surface area contributed by atoms with E-state index in [1.807, 2.05) is 24.0 Å². The highest BCUT2D eigenvalue weighted by Gasteiger charge is 2.14. The Bertz CT molecular complexity index is 496. The van der Waals surface area contributed by atoms with Gasteiger partial charge in [-0.1, -0.05) is 22.9 Å². The number of carbonyl (C=O) groups excluding carboxylic acids is 1. The lowest BCUT2D eigenvalue weighted by Crippen LogP contribution is -2.21. The summed E-state index contributed by atoms with van der Waals surface area (Å²) in [5.74, 6) is 0.853. The second-order valence-electron chi connectivity index (χ2n) is 3.36. The number of furan rings is 1. The predicted octanol–water partition coefficient (Wildman–Crippen LogP) is 3.23. The van der Waals surface area contributed by atoms with E-state index in [0.717, 1.165) is 23.7 Å². The molecular weight excluding hydrogens is 260 g/mol. The van der Waals surface area contributed by atoms with Crippen LogP contribution in [-0.4, -0.2) is 17.8 Å². The van der Waals surface area contributed by atoms with E-state index in [-0.39, 0.29) is 5.15 Å². The van der Waals surface area contributed by atoms with Crippen LogP contribution in [-0.2, 0) is 6.54 Å². The van der Waals surface area contributed by atoms with Crippen molar-refractivity contribution in [2.24, 2.45) is 0 Å². The smallest absolute Gasteiger partial charge is 0.187 e. The van der Waals surface area contributed by atoms with Gasteiger partial charge in [0.2, 0.25) is 0 Å². The van der Waals surface area contributed by atoms with E-state index in [1.54, 1.807) is 6.26 Å². The molecule has 2 heterocycles. The molecule has 0 atom stereocenters. The molecule has 4 nitrogen and oxygen atoms in total. The van der Waals surface area contributed by atoms with Gasteiger partial charge in [-0.05, 0) is 19.1 Å². The fourth-order valence-electron chi connectivity index (χ4n) is 1.42. The van der Waals surface area contributed by atoms with Crippen LogP contribution in [0.2, 0.25) is 5.15 Å². The molecule has 17 heavy (non-hydrogen) atoms. The van der Waals surface area contributed by atoms with Crippen LogP contribution in [0.1, 0.15) is 22.4 Å². The van der Waals surface area contributed by atoms with Crippen molar-refractivity contribution in [1.29, 1.82) is 0 Å². The Morgan fingerprint density at radius 2 is 2.47 bits per heavy atom. The number of carbonyl (C=O) groups is 1. The largest absolute Gasteiger partial charge is 0.467 e. The minimum Gasteiger partial charge on any atom is -0.467 e. The first-order valence-corrected chi connectivity index (χ1v) is 6.33. The van der Waals surface area contributed by atoms with Crippen LogP contribution in [0.25, 0.3) is 0 Å². The molecule has 0 N–H and O–H groups in total. The Labute approximate surface area is 108 Å². The van der Waals surface area contributed by atoms with Crippen molar-refractivity contribution in [3.8, 4) is 0 Å². The third kappa shape index (κ3) is 2.68. The molecule has 0 radical (unpaired) electrons. The zero-order chi connectivity index (χ0) is 12.3. The monoisotopic (exact) mass is 270 g/mol. The van der Waals surface area contributed by atoms with Gasteiger partial charge in [-0.15, -0.1) is 0 Å². The van der Waals surface area contributed by atoms with Gasteiger partial charge >= 0.3 is 0 Å². The lowest BCUT2D eigenvalue weighted by Gasteiger charge is -2.17. The minimum atomic E-state index is 0.262. The molecular formula is C11H11ClN2O2S. The topological polar surface area (TPSA) is 46.3 Å². The van der Waals surface area contributed by atoms with Crippen molar-refractivity contribution < 1.29 is 9.21 Å². The Balaban J connectivity index is 2.19. The quantitative estimate of drug-likeness (QED) is 0.783. The average Bonchev–Trinajstić information content (AvgIpc) is 2.95. The van der Waals surface area contributed by atoms with Crippen LogP contribution in [0.5, 0.6) is 0 Å². The summed E-state index contributed by atoms with van der Waals surface area (Å²) in [5.41, 5.74) is 0. The number of aldehydes is 1. The van der Waals surface area contributed by atoms with Gasteiger partial charge in [0.1, 0.15) is 10.6 Å².